The van der Waals surface area contributed by atoms with E-state index in [-0.39, 0.29) is 17.1 Å². The molecule has 0 atom stereocenters. The Balaban J connectivity index is 1.58. The van der Waals surface area contributed by atoms with Gasteiger partial charge in [0.2, 0.25) is 0 Å². The van der Waals surface area contributed by atoms with Crippen LogP contribution in [0.5, 0.6) is 0 Å². The van der Waals surface area contributed by atoms with Crippen LogP contribution in [0.2, 0.25) is 0 Å². The van der Waals surface area contributed by atoms with Crippen molar-refractivity contribution in [3.8, 4) is 28.6 Å². The van der Waals surface area contributed by atoms with Crippen molar-refractivity contribution >= 4 is 38.4 Å². The number of fused-ring (bicyclic) bond motifs is 1. The zero-order valence-corrected chi connectivity index (χ0v) is 19.9. The summed E-state index contributed by atoms with van der Waals surface area (Å²) in [4.78, 5) is 18.3. The lowest BCUT2D eigenvalue weighted by atomic mass is 9.97. The van der Waals surface area contributed by atoms with Crippen molar-refractivity contribution in [2.75, 3.05) is 5.32 Å². The molecule has 0 fully saturated rings. The maximum Gasteiger partial charge on any atom is 0.256 e. The highest BCUT2D eigenvalue weighted by atomic mass is 79.9. The number of hydrogen-bond acceptors (Lipinski definition) is 5. The number of benzene rings is 3. The van der Waals surface area contributed by atoms with Crippen LogP contribution in [0.3, 0.4) is 0 Å². The Kier molecular flexibility index (Phi) is 5.81. The van der Waals surface area contributed by atoms with E-state index in [1.165, 1.54) is 12.1 Å². The number of nitrogens with zero attached hydrogens (tertiary/aromatic N) is 4. The van der Waals surface area contributed by atoms with E-state index >= 15 is 4.39 Å². The molecule has 0 spiro atoms. The van der Waals surface area contributed by atoms with Crippen LogP contribution in [0.25, 0.3) is 33.4 Å². The molecule has 2 aromatic heterocycles. The average molecular weight is 527 g/mol. The Morgan fingerprint density at radius 1 is 1.03 bits per heavy atom. The highest BCUT2D eigenvalue weighted by Gasteiger charge is 2.21. The number of halogens is 2. The van der Waals surface area contributed by atoms with Gasteiger partial charge in [-0.25, -0.2) is 9.37 Å². The largest absolute Gasteiger partial charge is 0.319 e. The topological polar surface area (TPSA) is 107 Å². The predicted molar refractivity (Wildman–Crippen MR) is 134 cm³/mol. The summed E-state index contributed by atoms with van der Waals surface area (Å²) in [7, 11) is 0. The average Bonchev–Trinajstić information content (AvgIpc) is 3.34. The zero-order chi connectivity index (χ0) is 24.5. The third-order valence-corrected chi connectivity index (χ3v) is 6.10. The van der Waals surface area contributed by atoms with E-state index in [0.717, 1.165) is 10.0 Å². The lowest BCUT2D eigenvalue weighted by molar-refractivity contribution is 0.102. The van der Waals surface area contributed by atoms with Crippen molar-refractivity contribution in [1.29, 1.82) is 5.26 Å². The smallest absolute Gasteiger partial charge is 0.256 e. The standard InChI is InChI=1S/C26H16BrFN6O/c1-14-23(18-12-17(27)8-10-20(18)30-24(14)15-5-3-2-4-6-15)26(35)31-21-9-7-16(11-19(21)28)25-22(13-29)32-34-33-25/h2-12H,1H3,(H,31,35)(H,32,33,34). The first-order valence-electron chi connectivity index (χ1n) is 10.5. The maximum atomic E-state index is 15.0. The van der Waals surface area contributed by atoms with Gasteiger partial charge < -0.3 is 5.32 Å². The molecule has 0 aliphatic heterocycles. The lowest BCUT2D eigenvalue weighted by Crippen LogP contribution is -2.16. The quantitative estimate of drug-likeness (QED) is 0.297. The number of anilines is 1. The molecule has 7 nitrogen and oxygen atoms in total. The Morgan fingerprint density at radius 2 is 1.83 bits per heavy atom. The number of carbonyl (C=O) groups is 1. The van der Waals surface area contributed by atoms with Gasteiger partial charge in [-0.1, -0.05) is 52.3 Å². The molecule has 0 saturated carbocycles. The van der Waals surface area contributed by atoms with Crippen LogP contribution in [0.15, 0.2) is 71.2 Å². The molecule has 0 bridgehead atoms. The second kappa shape index (κ2) is 9.08. The molecule has 0 saturated heterocycles. The second-order valence-corrected chi connectivity index (χ2v) is 8.68. The zero-order valence-electron chi connectivity index (χ0n) is 18.3. The third-order valence-electron chi connectivity index (χ3n) is 5.61. The van der Waals surface area contributed by atoms with Crippen molar-refractivity contribution in [3.05, 3.63) is 93.8 Å². The van der Waals surface area contributed by atoms with Crippen LogP contribution in [0, 0.1) is 24.1 Å². The van der Waals surface area contributed by atoms with Gasteiger partial charge in [-0.05, 0) is 42.8 Å². The molecule has 1 amide bonds. The minimum atomic E-state index is -0.664. The molecule has 0 unspecified atom stereocenters. The monoisotopic (exact) mass is 526 g/mol. The van der Waals surface area contributed by atoms with Crippen LogP contribution >= 0.6 is 15.9 Å². The molecule has 3 aromatic carbocycles. The number of aromatic nitrogens is 4. The number of nitrogens with one attached hydrogen (secondary N) is 2. The number of amides is 1. The second-order valence-electron chi connectivity index (χ2n) is 7.77. The Hall–Kier alpha value is -4.42. The maximum absolute atomic E-state index is 15.0. The minimum Gasteiger partial charge on any atom is -0.319 e. The summed E-state index contributed by atoms with van der Waals surface area (Å²) in [6.07, 6.45) is 0. The number of carbonyl (C=O) groups excluding carboxylic acids is 1. The van der Waals surface area contributed by atoms with Gasteiger partial charge in [0.15, 0.2) is 5.69 Å². The van der Waals surface area contributed by atoms with Crippen molar-refractivity contribution in [3.63, 3.8) is 0 Å². The third kappa shape index (κ3) is 4.16. The summed E-state index contributed by atoms with van der Waals surface area (Å²) < 4.78 is 15.8. The van der Waals surface area contributed by atoms with E-state index in [4.69, 9.17) is 10.2 Å². The number of pyridine rings is 1. The number of nitriles is 1. The van der Waals surface area contributed by atoms with Crippen molar-refractivity contribution in [2.24, 2.45) is 0 Å². The first-order chi connectivity index (χ1) is 17.0. The van der Waals surface area contributed by atoms with Crippen LogP contribution in [-0.4, -0.2) is 26.3 Å². The van der Waals surface area contributed by atoms with Gasteiger partial charge in [0.05, 0.1) is 22.5 Å². The van der Waals surface area contributed by atoms with Gasteiger partial charge in [0, 0.05) is 21.0 Å². The first kappa shape index (κ1) is 22.4. The fourth-order valence-corrected chi connectivity index (χ4v) is 4.32. The predicted octanol–water partition coefficient (Wildman–Crippen LogP) is 6.02. The van der Waals surface area contributed by atoms with E-state index in [0.29, 0.717) is 33.3 Å². The fourth-order valence-electron chi connectivity index (χ4n) is 3.96. The van der Waals surface area contributed by atoms with Gasteiger partial charge in [-0.15, -0.1) is 5.10 Å². The molecule has 35 heavy (non-hydrogen) atoms. The molecule has 0 aliphatic carbocycles. The van der Waals surface area contributed by atoms with Crippen LogP contribution in [0.1, 0.15) is 21.6 Å². The van der Waals surface area contributed by atoms with Gasteiger partial charge in [0.1, 0.15) is 17.6 Å². The Labute approximate surface area is 207 Å². The molecule has 0 radical (unpaired) electrons. The molecule has 170 valence electrons. The normalized spacial score (nSPS) is 10.8. The lowest BCUT2D eigenvalue weighted by Gasteiger charge is -2.15. The van der Waals surface area contributed by atoms with Crippen molar-refractivity contribution in [1.82, 2.24) is 20.4 Å². The molecular formula is C26H16BrFN6O. The van der Waals surface area contributed by atoms with E-state index in [1.54, 1.807) is 6.07 Å². The van der Waals surface area contributed by atoms with E-state index in [2.05, 4.69) is 36.7 Å². The summed E-state index contributed by atoms with van der Waals surface area (Å²) >= 11 is 3.46. The summed E-state index contributed by atoms with van der Waals surface area (Å²) in [5.41, 5.74) is 3.94. The summed E-state index contributed by atoms with van der Waals surface area (Å²) in [6.45, 7) is 1.83. The number of rotatable bonds is 4. The van der Waals surface area contributed by atoms with Crippen molar-refractivity contribution < 1.29 is 9.18 Å². The van der Waals surface area contributed by atoms with E-state index in [1.807, 2.05) is 61.5 Å². The van der Waals surface area contributed by atoms with Gasteiger partial charge >= 0.3 is 0 Å². The van der Waals surface area contributed by atoms with Crippen LogP contribution < -0.4 is 5.32 Å². The Morgan fingerprint density at radius 3 is 2.57 bits per heavy atom. The number of hydrogen-bond donors (Lipinski definition) is 2. The summed E-state index contributed by atoms with van der Waals surface area (Å²) in [6, 6.07) is 21.2. The summed E-state index contributed by atoms with van der Waals surface area (Å²) in [5.74, 6) is -1.13. The Bertz CT molecular complexity index is 1640. The van der Waals surface area contributed by atoms with E-state index < -0.39 is 11.7 Å². The molecule has 2 N–H and O–H groups in total. The molecule has 9 heteroatoms. The number of aromatic amines is 1. The van der Waals surface area contributed by atoms with Crippen molar-refractivity contribution in [2.45, 2.75) is 6.92 Å². The molecule has 2 heterocycles. The summed E-state index contributed by atoms with van der Waals surface area (Å²) in [5, 5.41) is 22.5. The van der Waals surface area contributed by atoms with Gasteiger partial charge in [0.25, 0.3) is 5.91 Å². The number of H-pyrrole nitrogens is 1. The van der Waals surface area contributed by atoms with E-state index in [9.17, 15) is 4.79 Å². The molecule has 0 aliphatic rings. The highest BCUT2D eigenvalue weighted by Crippen LogP contribution is 2.32. The van der Waals surface area contributed by atoms with Crippen LogP contribution in [0.4, 0.5) is 10.1 Å². The van der Waals surface area contributed by atoms with Gasteiger partial charge in [-0.3, -0.25) is 4.79 Å². The van der Waals surface area contributed by atoms with Gasteiger partial charge in [-0.2, -0.15) is 15.6 Å². The molecule has 5 aromatic rings. The molecular weight excluding hydrogens is 511 g/mol. The first-order valence-corrected chi connectivity index (χ1v) is 11.3. The highest BCUT2D eigenvalue weighted by molar-refractivity contribution is 9.10. The fraction of sp³-hybridized carbons (Fsp3) is 0.0385. The minimum absolute atomic E-state index is 0.00127. The van der Waals surface area contributed by atoms with Crippen LogP contribution in [-0.2, 0) is 0 Å². The SMILES string of the molecule is Cc1c(-c2ccccc2)nc2ccc(Br)cc2c1C(=O)Nc1ccc(-c2n[nH]nc2C#N)cc1F. The molecule has 5 rings (SSSR count).